The maximum Gasteiger partial charge on any atom is 0.0235 e. The third kappa shape index (κ3) is 3.35. The van der Waals surface area contributed by atoms with Crippen LogP contribution in [-0.2, 0) is 5.41 Å². The topological polar surface area (TPSA) is 27.8 Å². The van der Waals surface area contributed by atoms with E-state index in [4.69, 9.17) is 11.6 Å². The van der Waals surface area contributed by atoms with Gasteiger partial charge in [-0.25, -0.2) is 0 Å². The highest BCUT2D eigenvalue weighted by Gasteiger charge is 2.20. The number of hydrogen-bond acceptors (Lipinski definition) is 1. The Morgan fingerprint density at radius 3 is 2.86 bits per heavy atom. The Hall–Kier alpha value is -0.470. The molecule has 1 aromatic rings. The molecule has 2 N–H and O–H groups in total. The van der Waals surface area contributed by atoms with Crippen molar-refractivity contribution in [2.24, 2.45) is 0 Å². The van der Waals surface area contributed by atoms with Crippen LogP contribution in [0.25, 0.3) is 0 Å². The molecule has 3 heteroatoms. The van der Waals surface area contributed by atoms with Gasteiger partial charge in [-0.2, -0.15) is 0 Å². The molecule has 1 heterocycles. The van der Waals surface area contributed by atoms with Gasteiger partial charge in [-0.3, -0.25) is 0 Å². The van der Waals surface area contributed by atoms with Gasteiger partial charge in [0.15, 0.2) is 0 Å². The predicted molar refractivity (Wildman–Crippen MR) is 62.0 cm³/mol. The molecular weight excluding hydrogens is 196 g/mol. The summed E-state index contributed by atoms with van der Waals surface area (Å²) in [5.74, 6) is 0.732. The molecule has 0 radical (unpaired) electrons. The van der Waals surface area contributed by atoms with Crippen LogP contribution in [0.15, 0.2) is 18.3 Å². The first-order valence-electron chi connectivity index (χ1n) is 5.07. The van der Waals surface area contributed by atoms with Crippen LogP contribution in [-0.4, -0.2) is 24.0 Å². The summed E-state index contributed by atoms with van der Waals surface area (Å²) in [6.45, 7) is 6.43. The lowest BCUT2D eigenvalue weighted by Gasteiger charge is -2.23. The zero-order chi connectivity index (χ0) is 10.4. The first kappa shape index (κ1) is 11.6. The molecule has 0 fully saturated rings. The molecule has 0 unspecified atom stereocenters. The second-order valence-electron chi connectivity index (χ2n) is 4.19. The Morgan fingerprint density at radius 1 is 1.50 bits per heavy atom. The summed E-state index contributed by atoms with van der Waals surface area (Å²) in [6, 6.07) is 4.17. The first-order valence-corrected chi connectivity index (χ1v) is 5.61. The monoisotopic (exact) mass is 214 g/mol. The fourth-order valence-corrected chi connectivity index (χ4v) is 1.57. The standard InChI is InChI=1S/C11H19ClN2/c1-11(2,9-13-7-4-6-12)10-5-3-8-14-10/h3,5,8,13-14H,4,6-7,9H2,1-2H3. The quantitative estimate of drug-likeness (QED) is 0.553. The van der Waals surface area contributed by atoms with Gasteiger partial charge in [-0.15, -0.1) is 11.6 Å². The molecule has 0 amide bonds. The lowest BCUT2D eigenvalue weighted by Crippen LogP contribution is -2.33. The summed E-state index contributed by atoms with van der Waals surface area (Å²) in [6.07, 6.45) is 3.00. The highest BCUT2D eigenvalue weighted by molar-refractivity contribution is 6.17. The number of hydrogen-bond donors (Lipinski definition) is 2. The lowest BCUT2D eigenvalue weighted by molar-refractivity contribution is 0.460. The minimum Gasteiger partial charge on any atom is -0.365 e. The molecule has 0 bridgehead atoms. The van der Waals surface area contributed by atoms with Crippen LogP contribution in [0.4, 0.5) is 0 Å². The van der Waals surface area contributed by atoms with Gasteiger partial charge in [0.25, 0.3) is 0 Å². The van der Waals surface area contributed by atoms with Crippen molar-refractivity contribution in [3.8, 4) is 0 Å². The van der Waals surface area contributed by atoms with Crippen molar-refractivity contribution in [3.05, 3.63) is 24.0 Å². The highest BCUT2D eigenvalue weighted by Crippen LogP contribution is 2.19. The SMILES string of the molecule is CC(C)(CNCCCCl)c1ccc[nH]1. The zero-order valence-electron chi connectivity index (χ0n) is 8.94. The maximum atomic E-state index is 5.60. The van der Waals surface area contributed by atoms with Crippen LogP contribution >= 0.6 is 11.6 Å². The summed E-state index contributed by atoms with van der Waals surface area (Å²) in [5, 5.41) is 3.41. The molecule has 0 aliphatic heterocycles. The van der Waals surface area contributed by atoms with E-state index in [0.29, 0.717) is 0 Å². The molecule has 2 nitrogen and oxygen atoms in total. The van der Waals surface area contributed by atoms with Crippen molar-refractivity contribution in [2.45, 2.75) is 25.7 Å². The van der Waals surface area contributed by atoms with E-state index < -0.39 is 0 Å². The van der Waals surface area contributed by atoms with Gasteiger partial charge in [0.2, 0.25) is 0 Å². The van der Waals surface area contributed by atoms with E-state index in [2.05, 4.69) is 30.2 Å². The van der Waals surface area contributed by atoms with Crippen LogP contribution in [0, 0.1) is 0 Å². The van der Waals surface area contributed by atoms with Gasteiger partial charge in [0.1, 0.15) is 0 Å². The highest BCUT2D eigenvalue weighted by atomic mass is 35.5. The van der Waals surface area contributed by atoms with Gasteiger partial charge in [0.05, 0.1) is 0 Å². The van der Waals surface area contributed by atoms with E-state index in [0.717, 1.165) is 25.4 Å². The fourth-order valence-electron chi connectivity index (χ4n) is 1.44. The van der Waals surface area contributed by atoms with Crippen LogP contribution in [0.3, 0.4) is 0 Å². The molecule has 0 aliphatic rings. The Balaban J connectivity index is 2.35. The van der Waals surface area contributed by atoms with Crippen molar-refractivity contribution in [2.75, 3.05) is 19.0 Å². The minimum atomic E-state index is 0.163. The van der Waals surface area contributed by atoms with Gasteiger partial charge >= 0.3 is 0 Å². The number of nitrogens with one attached hydrogen (secondary N) is 2. The third-order valence-electron chi connectivity index (χ3n) is 2.38. The number of H-pyrrole nitrogens is 1. The number of aromatic nitrogens is 1. The number of aromatic amines is 1. The normalized spacial score (nSPS) is 11.9. The second-order valence-corrected chi connectivity index (χ2v) is 4.56. The average molecular weight is 215 g/mol. The summed E-state index contributed by atoms with van der Waals surface area (Å²) < 4.78 is 0. The van der Waals surface area contributed by atoms with Crippen LogP contribution in [0.1, 0.15) is 26.0 Å². The molecule has 0 aliphatic carbocycles. The van der Waals surface area contributed by atoms with Crippen LogP contribution < -0.4 is 5.32 Å². The second kappa shape index (κ2) is 5.42. The summed E-state index contributed by atoms with van der Waals surface area (Å²) >= 11 is 5.60. The number of rotatable bonds is 6. The Kier molecular flexibility index (Phi) is 4.49. The molecule has 0 saturated heterocycles. The van der Waals surface area contributed by atoms with Gasteiger partial charge in [0, 0.05) is 29.7 Å². The number of halogens is 1. The Morgan fingerprint density at radius 2 is 2.29 bits per heavy atom. The molecule has 0 spiro atoms. The van der Waals surface area contributed by atoms with Crippen LogP contribution in [0.2, 0.25) is 0 Å². The Bertz CT molecular complexity index is 242. The lowest BCUT2D eigenvalue weighted by atomic mass is 9.89. The summed E-state index contributed by atoms with van der Waals surface area (Å²) in [7, 11) is 0. The molecular formula is C11H19ClN2. The van der Waals surface area contributed by atoms with Gasteiger partial charge in [-0.1, -0.05) is 13.8 Å². The minimum absolute atomic E-state index is 0.163. The number of alkyl halides is 1. The van der Waals surface area contributed by atoms with Crippen molar-refractivity contribution in [1.82, 2.24) is 10.3 Å². The van der Waals surface area contributed by atoms with Crippen molar-refractivity contribution < 1.29 is 0 Å². The third-order valence-corrected chi connectivity index (χ3v) is 2.65. The first-order chi connectivity index (χ1) is 6.67. The van der Waals surface area contributed by atoms with E-state index in [-0.39, 0.29) is 5.41 Å². The molecule has 0 atom stereocenters. The van der Waals surface area contributed by atoms with E-state index in [9.17, 15) is 0 Å². The zero-order valence-corrected chi connectivity index (χ0v) is 9.69. The Labute approximate surface area is 91.0 Å². The maximum absolute atomic E-state index is 5.60. The van der Waals surface area contributed by atoms with Crippen molar-refractivity contribution >= 4 is 11.6 Å². The van der Waals surface area contributed by atoms with Gasteiger partial charge < -0.3 is 10.3 Å². The van der Waals surface area contributed by atoms with Gasteiger partial charge in [-0.05, 0) is 25.1 Å². The fraction of sp³-hybridized carbons (Fsp3) is 0.636. The van der Waals surface area contributed by atoms with Crippen molar-refractivity contribution in [1.29, 1.82) is 0 Å². The van der Waals surface area contributed by atoms with E-state index in [1.165, 1.54) is 5.69 Å². The van der Waals surface area contributed by atoms with E-state index in [1.54, 1.807) is 0 Å². The van der Waals surface area contributed by atoms with E-state index >= 15 is 0 Å². The smallest absolute Gasteiger partial charge is 0.0235 e. The molecule has 1 aromatic heterocycles. The van der Waals surface area contributed by atoms with E-state index in [1.807, 2.05) is 12.3 Å². The molecule has 1 rings (SSSR count). The molecule has 80 valence electrons. The van der Waals surface area contributed by atoms with Crippen molar-refractivity contribution in [3.63, 3.8) is 0 Å². The average Bonchev–Trinajstić information content (AvgIpc) is 2.65. The molecule has 14 heavy (non-hydrogen) atoms. The summed E-state index contributed by atoms with van der Waals surface area (Å²) in [4.78, 5) is 3.25. The largest absolute Gasteiger partial charge is 0.365 e. The van der Waals surface area contributed by atoms with Crippen LogP contribution in [0.5, 0.6) is 0 Å². The summed E-state index contributed by atoms with van der Waals surface area (Å²) in [5.41, 5.74) is 1.44. The predicted octanol–water partition coefficient (Wildman–Crippen LogP) is 2.51. The molecule has 0 saturated carbocycles. The molecule has 0 aromatic carbocycles.